The molecule has 0 aliphatic rings. The highest BCUT2D eigenvalue weighted by Gasteiger charge is 2.06. The number of halogens is 1. The highest BCUT2D eigenvalue weighted by molar-refractivity contribution is 9.10. The van der Waals surface area contributed by atoms with Gasteiger partial charge >= 0.3 is 0 Å². The van der Waals surface area contributed by atoms with E-state index in [0.29, 0.717) is 18.1 Å². The smallest absolute Gasteiger partial charge is 0.248 e. The van der Waals surface area contributed by atoms with Gasteiger partial charge in [-0.2, -0.15) is 0 Å². The molecule has 2 aromatic rings. The average molecular weight is 404 g/mol. The topological polar surface area (TPSA) is 47.6 Å². The Morgan fingerprint density at radius 2 is 1.96 bits per heavy atom. The van der Waals surface area contributed by atoms with E-state index in [2.05, 4.69) is 28.2 Å². The molecular formula is C20H22BrNO3. The van der Waals surface area contributed by atoms with Crippen molar-refractivity contribution in [3.63, 3.8) is 0 Å². The molecule has 2 aromatic carbocycles. The van der Waals surface area contributed by atoms with Crippen molar-refractivity contribution in [2.45, 2.75) is 20.3 Å². The molecule has 4 nitrogen and oxygen atoms in total. The molecule has 0 spiro atoms. The monoisotopic (exact) mass is 403 g/mol. The minimum atomic E-state index is -0.196. The molecule has 0 aliphatic heterocycles. The third kappa shape index (κ3) is 5.36. The summed E-state index contributed by atoms with van der Waals surface area (Å²) < 4.78 is 11.7. The Hall–Kier alpha value is -2.27. The first kappa shape index (κ1) is 19.1. The summed E-state index contributed by atoms with van der Waals surface area (Å²) in [7, 11) is 1.59. The second-order valence-corrected chi connectivity index (χ2v) is 6.19. The van der Waals surface area contributed by atoms with Gasteiger partial charge < -0.3 is 14.8 Å². The number of benzene rings is 2. The van der Waals surface area contributed by atoms with Crippen molar-refractivity contribution >= 4 is 33.6 Å². The van der Waals surface area contributed by atoms with Crippen molar-refractivity contribution in [1.82, 2.24) is 0 Å². The van der Waals surface area contributed by atoms with Crippen LogP contribution in [0.5, 0.6) is 11.5 Å². The molecular weight excluding hydrogens is 382 g/mol. The van der Waals surface area contributed by atoms with Gasteiger partial charge in [-0.05, 0) is 70.7 Å². The van der Waals surface area contributed by atoms with E-state index >= 15 is 0 Å². The average Bonchev–Trinajstić information content (AvgIpc) is 2.62. The Kier molecular flexibility index (Phi) is 7.07. The third-order valence-electron chi connectivity index (χ3n) is 3.61. The van der Waals surface area contributed by atoms with Crippen molar-refractivity contribution in [2.75, 3.05) is 19.0 Å². The van der Waals surface area contributed by atoms with Gasteiger partial charge in [0.05, 0.1) is 19.4 Å². The first-order chi connectivity index (χ1) is 12.1. The molecule has 0 unspecified atom stereocenters. The van der Waals surface area contributed by atoms with E-state index in [-0.39, 0.29) is 5.91 Å². The van der Waals surface area contributed by atoms with Crippen LogP contribution >= 0.6 is 15.9 Å². The van der Waals surface area contributed by atoms with Gasteiger partial charge in [-0.3, -0.25) is 4.79 Å². The minimum absolute atomic E-state index is 0.196. The first-order valence-corrected chi connectivity index (χ1v) is 8.95. The van der Waals surface area contributed by atoms with Crippen molar-refractivity contribution in [1.29, 1.82) is 0 Å². The zero-order chi connectivity index (χ0) is 18.2. The zero-order valence-corrected chi connectivity index (χ0v) is 16.2. The predicted octanol–water partition coefficient (Wildman–Crippen LogP) is 5.07. The van der Waals surface area contributed by atoms with Crippen LogP contribution in [0.3, 0.4) is 0 Å². The number of rotatable bonds is 7. The maximum atomic E-state index is 12.1. The van der Waals surface area contributed by atoms with Gasteiger partial charge in [-0.1, -0.05) is 19.1 Å². The van der Waals surface area contributed by atoms with Crippen LogP contribution in [0.1, 0.15) is 25.0 Å². The van der Waals surface area contributed by atoms with Crippen LogP contribution in [0.2, 0.25) is 0 Å². The van der Waals surface area contributed by atoms with E-state index < -0.39 is 0 Å². The molecule has 132 valence electrons. The molecule has 25 heavy (non-hydrogen) atoms. The van der Waals surface area contributed by atoms with Gasteiger partial charge in [0, 0.05) is 10.5 Å². The number of methoxy groups -OCH3 is 1. The largest absolute Gasteiger partial charge is 0.493 e. The molecule has 2 rings (SSSR count). The fourth-order valence-corrected chi connectivity index (χ4v) is 2.81. The van der Waals surface area contributed by atoms with Gasteiger partial charge in [-0.15, -0.1) is 0 Å². The fraction of sp³-hybridized carbons (Fsp3) is 0.250. The summed E-state index contributed by atoms with van der Waals surface area (Å²) in [6.45, 7) is 4.58. The van der Waals surface area contributed by atoms with Gasteiger partial charge in [0.1, 0.15) is 0 Å². The van der Waals surface area contributed by atoms with Gasteiger partial charge in [0.15, 0.2) is 11.5 Å². The second-order valence-electron chi connectivity index (χ2n) is 5.33. The maximum Gasteiger partial charge on any atom is 0.248 e. The Labute approximate surface area is 157 Å². The standard InChI is InChI=1S/C20H22BrNO3/c1-4-14-6-9-17(16(21)12-14)22-20(23)11-8-15-7-10-18(25-5-2)19(13-15)24-3/h6-13H,4-5H2,1-3H3,(H,22,23)/b11-8+. The van der Waals surface area contributed by atoms with E-state index in [9.17, 15) is 4.79 Å². The van der Waals surface area contributed by atoms with E-state index in [1.54, 1.807) is 13.2 Å². The summed E-state index contributed by atoms with van der Waals surface area (Å²) in [6.07, 6.45) is 4.18. The van der Waals surface area contributed by atoms with Gasteiger partial charge in [-0.25, -0.2) is 0 Å². The van der Waals surface area contributed by atoms with Crippen LogP contribution in [0.25, 0.3) is 6.08 Å². The molecule has 5 heteroatoms. The van der Waals surface area contributed by atoms with Crippen molar-refractivity contribution < 1.29 is 14.3 Å². The van der Waals surface area contributed by atoms with E-state index in [4.69, 9.17) is 9.47 Å². The summed E-state index contributed by atoms with van der Waals surface area (Å²) >= 11 is 3.48. The third-order valence-corrected chi connectivity index (χ3v) is 4.27. The van der Waals surface area contributed by atoms with Gasteiger partial charge in [0.25, 0.3) is 0 Å². The summed E-state index contributed by atoms with van der Waals surface area (Å²) in [5.41, 5.74) is 2.81. The fourth-order valence-electron chi connectivity index (χ4n) is 2.29. The van der Waals surface area contributed by atoms with Crippen LogP contribution in [0, 0.1) is 0 Å². The highest BCUT2D eigenvalue weighted by Crippen LogP contribution is 2.28. The number of aryl methyl sites for hydroxylation is 1. The first-order valence-electron chi connectivity index (χ1n) is 8.15. The molecule has 0 heterocycles. The second kappa shape index (κ2) is 9.28. The van der Waals surface area contributed by atoms with Crippen LogP contribution in [0.4, 0.5) is 5.69 Å². The Morgan fingerprint density at radius 3 is 2.60 bits per heavy atom. The van der Waals surface area contributed by atoms with E-state index in [1.807, 2.05) is 43.3 Å². The molecule has 1 N–H and O–H groups in total. The number of amides is 1. The summed E-state index contributed by atoms with van der Waals surface area (Å²) in [5, 5.41) is 2.86. The lowest BCUT2D eigenvalue weighted by Crippen LogP contribution is -2.08. The Bertz CT molecular complexity index is 772. The number of ether oxygens (including phenoxy) is 2. The lowest BCUT2D eigenvalue weighted by molar-refractivity contribution is -0.111. The molecule has 0 saturated heterocycles. The summed E-state index contributed by atoms with van der Waals surface area (Å²) in [5.74, 6) is 1.13. The molecule has 0 aliphatic carbocycles. The Morgan fingerprint density at radius 1 is 1.16 bits per heavy atom. The van der Waals surface area contributed by atoms with Crippen LogP contribution in [-0.4, -0.2) is 19.6 Å². The van der Waals surface area contributed by atoms with E-state index in [0.717, 1.165) is 22.1 Å². The van der Waals surface area contributed by atoms with Crippen molar-refractivity contribution in [3.8, 4) is 11.5 Å². The molecule has 0 saturated carbocycles. The van der Waals surface area contributed by atoms with Crippen LogP contribution in [0.15, 0.2) is 46.9 Å². The summed E-state index contributed by atoms with van der Waals surface area (Å²) in [4.78, 5) is 12.1. The summed E-state index contributed by atoms with van der Waals surface area (Å²) in [6, 6.07) is 11.5. The maximum absolute atomic E-state index is 12.1. The lowest BCUT2D eigenvalue weighted by Gasteiger charge is -2.09. The molecule has 0 fully saturated rings. The van der Waals surface area contributed by atoms with E-state index in [1.165, 1.54) is 11.6 Å². The lowest BCUT2D eigenvalue weighted by atomic mass is 10.1. The normalized spacial score (nSPS) is 10.7. The van der Waals surface area contributed by atoms with Crippen molar-refractivity contribution in [3.05, 3.63) is 58.1 Å². The molecule has 0 bridgehead atoms. The minimum Gasteiger partial charge on any atom is -0.493 e. The molecule has 0 radical (unpaired) electrons. The molecule has 1 amide bonds. The Balaban J connectivity index is 2.07. The van der Waals surface area contributed by atoms with Gasteiger partial charge in [0.2, 0.25) is 5.91 Å². The zero-order valence-electron chi connectivity index (χ0n) is 14.6. The number of nitrogens with one attached hydrogen (secondary N) is 1. The number of carbonyl (C=O) groups excluding carboxylic acids is 1. The number of hydrogen-bond acceptors (Lipinski definition) is 3. The number of hydrogen-bond donors (Lipinski definition) is 1. The predicted molar refractivity (Wildman–Crippen MR) is 105 cm³/mol. The number of anilines is 1. The van der Waals surface area contributed by atoms with Crippen molar-refractivity contribution in [2.24, 2.45) is 0 Å². The SMILES string of the molecule is CCOc1ccc(/C=C/C(=O)Nc2ccc(CC)cc2Br)cc1OC. The quantitative estimate of drug-likeness (QED) is 0.656. The number of carbonyl (C=O) groups is 1. The van der Waals surface area contributed by atoms with Crippen LogP contribution in [-0.2, 0) is 11.2 Å². The molecule has 0 atom stereocenters. The molecule has 0 aromatic heterocycles. The van der Waals surface area contributed by atoms with Crippen LogP contribution < -0.4 is 14.8 Å². The highest BCUT2D eigenvalue weighted by atomic mass is 79.9.